The summed E-state index contributed by atoms with van der Waals surface area (Å²) in [5, 5.41) is 3.35. The molecule has 1 aromatic rings. The van der Waals surface area contributed by atoms with E-state index in [4.69, 9.17) is 4.74 Å². The Morgan fingerprint density at radius 2 is 2.11 bits per heavy atom. The van der Waals surface area contributed by atoms with Crippen molar-refractivity contribution in [2.45, 2.75) is 40.2 Å². The lowest BCUT2D eigenvalue weighted by Gasteiger charge is -2.18. The van der Waals surface area contributed by atoms with Gasteiger partial charge in [0.25, 0.3) is 0 Å². The molecule has 0 fully saturated rings. The maximum Gasteiger partial charge on any atom is 0.307 e. The first kappa shape index (κ1) is 15.0. The molecule has 1 aromatic carbocycles. The minimum absolute atomic E-state index is 0.0433. The highest BCUT2D eigenvalue weighted by molar-refractivity contribution is 9.10. The van der Waals surface area contributed by atoms with E-state index < -0.39 is 0 Å². The van der Waals surface area contributed by atoms with Gasteiger partial charge >= 0.3 is 5.97 Å². The van der Waals surface area contributed by atoms with E-state index in [0.717, 1.165) is 15.7 Å². The second-order valence-corrected chi connectivity index (χ2v) is 5.35. The average molecular weight is 314 g/mol. The quantitative estimate of drug-likeness (QED) is 0.840. The van der Waals surface area contributed by atoms with Gasteiger partial charge in [-0.15, -0.1) is 0 Å². The Bertz CT molecular complexity index is 409. The van der Waals surface area contributed by atoms with Gasteiger partial charge in [0.05, 0.1) is 18.7 Å². The topological polar surface area (TPSA) is 38.3 Å². The SMILES string of the molecule is CCOC(=O)CC(C)Nc1c(C)cc(C)cc1Br. The third kappa shape index (κ3) is 4.33. The van der Waals surface area contributed by atoms with E-state index in [1.54, 1.807) is 0 Å². The van der Waals surface area contributed by atoms with Gasteiger partial charge in [0.1, 0.15) is 0 Å². The third-order valence-electron chi connectivity index (χ3n) is 2.60. The van der Waals surface area contributed by atoms with Gasteiger partial charge in [-0.2, -0.15) is 0 Å². The zero-order chi connectivity index (χ0) is 13.7. The predicted octanol–water partition coefficient (Wildman–Crippen LogP) is 3.82. The molecule has 0 aliphatic carbocycles. The van der Waals surface area contributed by atoms with E-state index in [2.05, 4.69) is 47.2 Å². The number of anilines is 1. The minimum Gasteiger partial charge on any atom is -0.466 e. The van der Waals surface area contributed by atoms with Crippen molar-refractivity contribution in [1.82, 2.24) is 0 Å². The molecule has 0 aliphatic heterocycles. The number of carbonyl (C=O) groups is 1. The average Bonchev–Trinajstić information content (AvgIpc) is 2.23. The van der Waals surface area contributed by atoms with Crippen molar-refractivity contribution in [1.29, 1.82) is 0 Å². The largest absolute Gasteiger partial charge is 0.466 e. The van der Waals surface area contributed by atoms with Crippen LogP contribution in [0.2, 0.25) is 0 Å². The lowest BCUT2D eigenvalue weighted by atomic mass is 10.1. The van der Waals surface area contributed by atoms with Crippen molar-refractivity contribution < 1.29 is 9.53 Å². The number of ether oxygens (including phenoxy) is 1. The van der Waals surface area contributed by atoms with Gasteiger partial charge in [0.15, 0.2) is 0 Å². The summed E-state index contributed by atoms with van der Waals surface area (Å²) in [5.41, 5.74) is 3.41. The Kier molecular flexibility index (Phi) is 5.66. The van der Waals surface area contributed by atoms with Gasteiger partial charge in [0, 0.05) is 10.5 Å². The lowest BCUT2D eigenvalue weighted by Crippen LogP contribution is -2.21. The first-order valence-electron chi connectivity index (χ1n) is 6.13. The Balaban J connectivity index is 2.70. The highest BCUT2D eigenvalue weighted by Crippen LogP contribution is 2.28. The molecule has 4 heteroatoms. The molecular formula is C14H20BrNO2. The Morgan fingerprint density at radius 3 is 2.67 bits per heavy atom. The number of halogens is 1. The summed E-state index contributed by atoms with van der Waals surface area (Å²) >= 11 is 3.54. The number of nitrogens with one attached hydrogen (secondary N) is 1. The van der Waals surface area contributed by atoms with Crippen LogP contribution in [-0.4, -0.2) is 18.6 Å². The maximum atomic E-state index is 11.4. The molecule has 0 saturated carbocycles. The van der Waals surface area contributed by atoms with Crippen LogP contribution >= 0.6 is 15.9 Å². The zero-order valence-electron chi connectivity index (χ0n) is 11.3. The highest BCUT2D eigenvalue weighted by atomic mass is 79.9. The molecular weight excluding hydrogens is 294 g/mol. The van der Waals surface area contributed by atoms with Crippen LogP contribution in [0.3, 0.4) is 0 Å². The van der Waals surface area contributed by atoms with E-state index >= 15 is 0 Å². The van der Waals surface area contributed by atoms with Crippen LogP contribution in [0.25, 0.3) is 0 Å². The number of aryl methyl sites for hydroxylation is 2. The van der Waals surface area contributed by atoms with Crippen molar-refractivity contribution in [2.24, 2.45) is 0 Å². The molecule has 3 nitrogen and oxygen atoms in total. The smallest absolute Gasteiger partial charge is 0.307 e. The van der Waals surface area contributed by atoms with Crippen molar-refractivity contribution in [3.63, 3.8) is 0 Å². The first-order valence-corrected chi connectivity index (χ1v) is 6.92. The van der Waals surface area contributed by atoms with Crippen LogP contribution < -0.4 is 5.32 Å². The van der Waals surface area contributed by atoms with E-state index in [1.165, 1.54) is 5.56 Å². The Labute approximate surface area is 117 Å². The minimum atomic E-state index is -0.168. The van der Waals surface area contributed by atoms with Crippen LogP contribution in [0.15, 0.2) is 16.6 Å². The maximum absolute atomic E-state index is 11.4. The lowest BCUT2D eigenvalue weighted by molar-refractivity contribution is -0.143. The van der Waals surface area contributed by atoms with Crippen molar-refractivity contribution >= 4 is 27.6 Å². The summed E-state index contributed by atoms with van der Waals surface area (Å²) in [6, 6.07) is 4.22. The molecule has 0 amide bonds. The fourth-order valence-electron chi connectivity index (χ4n) is 1.87. The summed E-state index contributed by atoms with van der Waals surface area (Å²) < 4.78 is 5.96. The number of benzene rings is 1. The van der Waals surface area contributed by atoms with Gasteiger partial charge < -0.3 is 10.1 Å². The second-order valence-electron chi connectivity index (χ2n) is 4.49. The number of carbonyl (C=O) groups excluding carboxylic acids is 1. The van der Waals surface area contributed by atoms with Gasteiger partial charge in [0.2, 0.25) is 0 Å². The monoisotopic (exact) mass is 313 g/mol. The fraction of sp³-hybridized carbons (Fsp3) is 0.500. The molecule has 0 saturated heterocycles. The molecule has 0 bridgehead atoms. The molecule has 0 aliphatic rings. The van der Waals surface area contributed by atoms with Crippen LogP contribution in [0.4, 0.5) is 5.69 Å². The highest BCUT2D eigenvalue weighted by Gasteiger charge is 2.12. The molecule has 100 valence electrons. The van der Waals surface area contributed by atoms with Gasteiger partial charge in [-0.3, -0.25) is 4.79 Å². The molecule has 1 unspecified atom stereocenters. The molecule has 0 heterocycles. The summed E-state index contributed by atoms with van der Waals surface area (Å²) in [7, 11) is 0. The van der Waals surface area contributed by atoms with Crippen LogP contribution in [0.5, 0.6) is 0 Å². The van der Waals surface area contributed by atoms with Crippen molar-refractivity contribution in [3.05, 3.63) is 27.7 Å². The number of hydrogen-bond acceptors (Lipinski definition) is 3. The molecule has 0 radical (unpaired) electrons. The molecule has 1 atom stereocenters. The van der Waals surface area contributed by atoms with Crippen molar-refractivity contribution in [3.8, 4) is 0 Å². The van der Waals surface area contributed by atoms with E-state index in [0.29, 0.717) is 13.0 Å². The standard InChI is InChI=1S/C14H20BrNO2/c1-5-18-13(17)8-11(4)16-14-10(3)6-9(2)7-12(14)15/h6-7,11,16H,5,8H2,1-4H3. The fourth-order valence-corrected chi connectivity index (χ4v) is 2.65. The molecule has 0 spiro atoms. The summed E-state index contributed by atoms with van der Waals surface area (Å²) in [6.45, 7) is 8.33. The summed E-state index contributed by atoms with van der Waals surface area (Å²) in [6.07, 6.45) is 0.369. The number of rotatable bonds is 5. The molecule has 1 rings (SSSR count). The number of hydrogen-bond donors (Lipinski definition) is 1. The normalized spacial score (nSPS) is 12.1. The Hall–Kier alpha value is -1.03. The molecule has 1 N–H and O–H groups in total. The van der Waals surface area contributed by atoms with Crippen LogP contribution in [0, 0.1) is 13.8 Å². The first-order chi connectivity index (χ1) is 8.43. The second kappa shape index (κ2) is 6.78. The van der Waals surface area contributed by atoms with Crippen LogP contribution in [0.1, 0.15) is 31.4 Å². The van der Waals surface area contributed by atoms with Gasteiger partial charge in [-0.05, 0) is 60.8 Å². The molecule has 18 heavy (non-hydrogen) atoms. The molecule has 0 aromatic heterocycles. The Morgan fingerprint density at radius 1 is 1.44 bits per heavy atom. The summed E-state index contributed by atoms with van der Waals surface area (Å²) in [5.74, 6) is -0.168. The van der Waals surface area contributed by atoms with E-state index in [-0.39, 0.29) is 12.0 Å². The number of esters is 1. The van der Waals surface area contributed by atoms with Crippen LogP contribution in [-0.2, 0) is 9.53 Å². The van der Waals surface area contributed by atoms with E-state index in [9.17, 15) is 4.79 Å². The van der Waals surface area contributed by atoms with Gasteiger partial charge in [-0.25, -0.2) is 0 Å². The van der Waals surface area contributed by atoms with Crippen molar-refractivity contribution in [2.75, 3.05) is 11.9 Å². The zero-order valence-corrected chi connectivity index (χ0v) is 12.9. The summed E-state index contributed by atoms with van der Waals surface area (Å²) in [4.78, 5) is 11.4. The van der Waals surface area contributed by atoms with E-state index in [1.807, 2.05) is 13.8 Å². The predicted molar refractivity (Wildman–Crippen MR) is 78.0 cm³/mol. The van der Waals surface area contributed by atoms with Gasteiger partial charge in [-0.1, -0.05) is 6.07 Å². The third-order valence-corrected chi connectivity index (χ3v) is 3.23.